The third kappa shape index (κ3) is 5.78. The summed E-state index contributed by atoms with van der Waals surface area (Å²) in [5.74, 6) is -0.659. The second kappa shape index (κ2) is 9.59. The minimum Gasteiger partial charge on any atom is -0.349 e. The number of nitro benzene ring substituents is 1. The maximum atomic E-state index is 12.8. The molecule has 32 heavy (non-hydrogen) atoms. The van der Waals surface area contributed by atoms with Gasteiger partial charge in [-0.25, -0.2) is 0 Å². The van der Waals surface area contributed by atoms with E-state index in [2.05, 4.69) is 10.4 Å². The van der Waals surface area contributed by atoms with Crippen molar-refractivity contribution in [3.63, 3.8) is 0 Å². The maximum Gasteiger partial charge on any atom is 0.416 e. The highest BCUT2D eigenvalue weighted by Crippen LogP contribution is 2.36. The summed E-state index contributed by atoms with van der Waals surface area (Å²) in [5, 5.41) is 18.0. The number of carbonyl (C=O) groups is 2. The first-order valence-corrected chi connectivity index (χ1v) is 10.6. The molecule has 1 aromatic carbocycles. The minimum atomic E-state index is -4.69. The quantitative estimate of drug-likeness (QED) is 0.394. The van der Waals surface area contributed by atoms with Crippen LogP contribution in [0.2, 0.25) is 0 Å². The van der Waals surface area contributed by atoms with E-state index in [-0.39, 0.29) is 28.5 Å². The monoisotopic (exact) mass is 471 g/mol. The standard InChI is InChI=1S/C19H20F3N5O4S/c1-25-10-12(9-23-25)18(29)24-14-4-6-26(7-5-14)17(28)11-32-16-3-2-13(19(20,21)22)8-15(16)27(30)31/h2-3,8-10,14H,4-7,11H2,1H3,(H,24,29). The van der Waals surface area contributed by atoms with Crippen LogP contribution in [0.3, 0.4) is 0 Å². The van der Waals surface area contributed by atoms with Crippen molar-refractivity contribution in [3.8, 4) is 0 Å². The van der Waals surface area contributed by atoms with Gasteiger partial charge in [-0.2, -0.15) is 18.3 Å². The second-order valence-corrected chi connectivity index (χ2v) is 8.27. The van der Waals surface area contributed by atoms with Crippen LogP contribution in [0.4, 0.5) is 18.9 Å². The number of benzene rings is 1. The van der Waals surface area contributed by atoms with E-state index in [1.807, 2.05) is 0 Å². The van der Waals surface area contributed by atoms with Gasteiger partial charge in [0.25, 0.3) is 11.6 Å². The average molecular weight is 471 g/mol. The molecule has 0 saturated carbocycles. The third-order valence-electron chi connectivity index (χ3n) is 4.98. The van der Waals surface area contributed by atoms with Gasteiger partial charge in [0.05, 0.1) is 32.9 Å². The summed E-state index contributed by atoms with van der Waals surface area (Å²) in [6.45, 7) is 0.791. The molecule has 0 radical (unpaired) electrons. The van der Waals surface area contributed by atoms with Crippen molar-refractivity contribution in [2.45, 2.75) is 30.0 Å². The van der Waals surface area contributed by atoms with Crippen LogP contribution >= 0.6 is 11.8 Å². The molecule has 2 heterocycles. The Kier molecular flexibility index (Phi) is 7.06. The van der Waals surface area contributed by atoms with Gasteiger partial charge in [-0.05, 0) is 25.0 Å². The van der Waals surface area contributed by atoms with Gasteiger partial charge < -0.3 is 10.2 Å². The van der Waals surface area contributed by atoms with Gasteiger partial charge in [0.1, 0.15) is 0 Å². The average Bonchev–Trinajstić information content (AvgIpc) is 3.18. The predicted molar refractivity (Wildman–Crippen MR) is 109 cm³/mol. The van der Waals surface area contributed by atoms with Gasteiger partial charge in [-0.15, -0.1) is 11.8 Å². The number of hydrogen-bond acceptors (Lipinski definition) is 6. The molecule has 1 aromatic heterocycles. The number of aryl methyl sites for hydroxylation is 1. The highest BCUT2D eigenvalue weighted by molar-refractivity contribution is 8.00. The Labute approximate surface area is 185 Å². The minimum absolute atomic E-state index is 0.00466. The molecule has 1 aliphatic heterocycles. The first-order valence-electron chi connectivity index (χ1n) is 9.60. The molecule has 13 heteroatoms. The van der Waals surface area contributed by atoms with Gasteiger partial charge >= 0.3 is 6.18 Å². The number of rotatable bonds is 6. The van der Waals surface area contributed by atoms with E-state index in [0.29, 0.717) is 37.6 Å². The molecule has 2 aromatic rings. The number of halogens is 3. The number of alkyl halides is 3. The molecule has 0 bridgehead atoms. The van der Waals surface area contributed by atoms with Crippen molar-refractivity contribution >= 4 is 29.3 Å². The molecule has 1 saturated heterocycles. The summed E-state index contributed by atoms with van der Waals surface area (Å²) in [5.41, 5.74) is -1.36. The van der Waals surface area contributed by atoms with E-state index in [1.165, 1.54) is 10.9 Å². The van der Waals surface area contributed by atoms with Crippen molar-refractivity contribution < 1.29 is 27.7 Å². The lowest BCUT2D eigenvalue weighted by Gasteiger charge is -2.32. The van der Waals surface area contributed by atoms with Gasteiger partial charge in [0, 0.05) is 38.4 Å². The fourth-order valence-electron chi connectivity index (χ4n) is 3.27. The molecule has 0 aliphatic carbocycles. The highest BCUT2D eigenvalue weighted by atomic mass is 32.2. The van der Waals surface area contributed by atoms with Crippen LogP contribution in [0, 0.1) is 10.1 Å². The number of likely N-dealkylation sites (tertiary alicyclic amines) is 1. The van der Waals surface area contributed by atoms with Gasteiger partial charge in [0.15, 0.2) is 0 Å². The van der Waals surface area contributed by atoms with Crippen LogP contribution in [0.15, 0.2) is 35.5 Å². The Hall–Kier alpha value is -3.09. The van der Waals surface area contributed by atoms with Crippen LogP contribution in [-0.4, -0.2) is 56.3 Å². The number of thioether (sulfide) groups is 1. The Morgan fingerprint density at radius 2 is 2.00 bits per heavy atom. The molecule has 2 amide bonds. The summed E-state index contributed by atoms with van der Waals surface area (Å²) in [4.78, 5) is 36.5. The van der Waals surface area contributed by atoms with Crippen molar-refractivity contribution in [1.29, 1.82) is 0 Å². The number of carbonyl (C=O) groups excluding carboxylic acids is 2. The van der Waals surface area contributed by atoms with Gasteiger partial charge in [0.2, 0.25) is 5.91 Å². The van der Waals surface area contributed by atoms with Crippen LogP contribution in [0.25, 0.3) is 0 Å². The third-order valence-corrected chi connectivity index (χ3v) is 6.03. The molecule has 1 N–H and O–H groups in total. The summed E-state index contributed by atoms with van der Waals surface area (Å²) >= 11 is 0.828. The van der Waals surface area contributed by atoms with E-state index in [9.17, 15) is 32.9 Å². The van der Waals surface area contributed by atoms with E-state index in [1.54, 1.807) is 18.1 Å². The Morgan fingerprint density at radius 3 is 2.56 bits per heavy atom. The lowest BCUT2D eigenvalue weighted by molar-refractivity contribution is -0.388. The molecule has 1 fully saturated rings. The zero-order chi connectivity index (χ0) is 23.5. The van der Waals surface area contributed by atoms with Crippen LogP contribution in [-0.2, 0) is 18.0 Å². The van der Waals surface area contributed by atoms with Gasteiger partial charge in [-0.1, -0.05) is 0 Å². The Bertz CT molecular complexity index is 1020. The number of nitrogens with zero attached hydrogens (tertiary/aromatic N) is 4. The number of nitro groups is 1. The number of hydrogen-bond donors (Lipinski definition) is 1. The molecule has 3 rings (SSSR count). The fourth-order valence-corrected chi connectivity index (χ4v) is 4.18. The molecule has 0 atom stereocenters. The molecule has 172 valence electrons. The Balaban J connectivity index is 1.52. The largest absolute Gasteiger partial charge is 0.416 e. The highest BCUT2D eigenvalue weighted by Gasteiger charge is 2.33. The smallest absolute Gasteiger partial charge is 0.349 e. The van der Waals surface area contributed by atoms with Gasteiger partial charge in [-0.3, -0.25) is 24.4 Å². The number of aromatic nitrogens is 2. The second-order valence-electron chi connectivity index (χ2n) is 7.26. The van der Waals surface area contributed by atoms with E-state index in [4.69, 9.17) is 0 Å². The lowest BCUT2D eigenvalue weighted by Crippen LogP contribution is -2.47. The Morgan fingerprint density at radius 1 is 1.31 bits per heavy atom. The van der Waals surface area contributed by atoms with E-state index < -0.39 is 22.4 Å². The van der Waals surface area contributed by atoms with Crippen molar-refractivity contribution in [2.24, 2.45) is 7.05 Å². The van der Waals surface area contributed by atoms with Crippen LogP contribution in [0.5, 0.6) is 0 Å². The van der Waals surface area contributed by atoms with E-state index in [0.717, 1.165) is 23.9 Å². The topological polar surface area (TPSA) is 110 Å². The lowest BCUT2D eigenvalue weighted by atomic mass is 10.0. The first kappa shape index (κ1) is 23.6. The number of amides is 2. The zero-order valence-corrected chi connectivity index (χ0v) is 17.8. The summed E-state index contributed by atoms with van der Waals surface area (Å²) in [7, 11) is 1.71. The van der Waals surface area contributed by atoms with Crippen molar-refractivity contribution in [1.82, 2.24) is 20.0 Å². The van der Waals surface area contributed by atoms with E-state index >= 15 is 0 Å². The number of piperidine rings is 1. The zero-order valence-electron chi connectivity index (χ0n) is 17.0. The van der Waals surface area contributed by atoms with Crippen molar-refractivity contribution in [3.05, 3.63) is 51.8 Å². The van der Waals surface area contributed by atoms with Crippen LogP contribution < -0.4 is 5.32 Å². The summed E-state index contributed by atoms with van der Waals surface area (Å²) in [6, 6.07) is 2.15. The molecule has 1 aliphatic rings. The summed E-state index contributed by atoms with van der Waals surface area (Å²) in [6.07, 6.45) is -0.538. The predicted octanol–water partition coefficient (Wildman–Crippen LogP) is 2.86. The normalized spacial score (nSPS) is 14.9. The fraction of sp³-hybridized carbons (Fsp3) is 0.421. The van der Waals surface area contributed by atoms with Crippen LogP contribution in [0.1, 0.15) is 28.8 Å². The summed E-state index contributed by atoms with van der Waals surface area (Å²) < 4.78 is 39.9. The van der Waals surface area contributed by atoms with Crippen molar-refractivity contribution in [2.75, 3.05) is 18.8 Å². The first-order chi connectivity index (χ1) is 15.0. The molecule has 0 unspecified atom stereocenters. The maximum absolute atomic E-state index is 12.8. The molecular weight excluding hydrogens is 451 g/mol. The molecule has 0 spiro atoms. The molecular formula is C19H20F3N5O4S. The SMILES string of the molecule is Cn1cc(C(=O)NC2CCN(C(=O)CSc3ccc(C(F)(F)F)cc3[N+](=O)[O-])CC2)cn1. The number of nitrogens with one attached hydrogen (secondary N) is 1. The molecule has 9 nitrogen and oxygen atoms in total.